The number of para-hydroxylation sites is 2. The van der Waals surface area contributed by atoms with Gasteiger partial charge in [-0.3, -0.25) is 0 Å². The summed E-state index contributed by atoms with van der Waals surface area (Å²) in [5.41, 5.74) is 0.108. The van der Waals surface area contributed by atoms with E-state index in [9.17, 15) is 18.5 Å². The molecule has 0 amide bonds. The second kappa shape index (κ2) is 4.98. The Kier molecular flexibility index (Phi) is 3.54. The van der Waals surface area contributed by atoms with E-state index in [4.69, 9.17) is 5.11 Å². The molecule has 8 heteroatoms. The number of hydrogen-bond acceptors (Lipinski definition) is 5. The molecule has 0 bridgehead atoms. The lowest BCUT2D eigenvalue weighted by molar-refractivity contribution is -0.465. The molecule has 2 rings (SSSR count). The van der Waals surface area contributed by atoms with Gasteiger partial charge >= 0.3 is 0 Å². The number of aliphatic hydroxyl groups excluding tert-OH is 1. The molecule has 0 spiro atoms. The molecular weight excluding hydrogens is 272 g/mol. The predicted molar refractivity (Wildman–Crippen MR) is 68.6 cm³/mol. The summed E-state index contributed by atoms with van der Waals surface area (Å²) >= 11 is 0. The molecule has 1 aromatic carbocycles. The summed E-state index contributed by atoms with van der Waals surface area (Å²) in [4.78, 5) is 11.7. The Morgan fingerprint density at radius 1 is 1.32 bits per heavy atom. The second-order valence-corrected chi connectivity index (χ2v) is 6.23. The molecule has 0 aliphatic carbocycles. The van der Waals surface area contributed by atoms with Crippen LogP contribution in [0.3, 0.4) is 0 Å². The van der Waals surface area contributed by atoms with Gasteiger partial charge in [0.2, 0.25) is 6.20 Å². The minimum absolute atomic E-state index is 0.106. The summed E-state index contributed by atoms with van der Waals surface area (Å²) in [6.07, 6.45) is 0.949. The molecule has 2 aromatic rings. The van der Waals surface area contributed by atoms with Gasteiger partial charge in [-0.2, -0.15) is 0 Å². The van der Waals surface area contributed by atoms with Crippen molar-refractivity contribution in [1.29, 1.82) is 0 Å². The average Bonchev–Trinajstić information content (AvgIpc) is 2.35. The molecule has 1 N–H and O–H groups in total. The van der Waals surface area contributed by atoms with Crippen molar-refractivity contribution < 1.29 is 18.0 Å². The molecule has 0 radical (unpaired) electrons. The van der Waals surface area contributed by atoms with Crippen LogP contribution in [0.25, 0.3) is 11.0 Å². The Morgan fingerprint density at radius 2 is 2.00 bits per heavy atom. The zero-order chi connectivity index (χ0) is 14.0. The smallest absolute Gasteiger partial charge is 0.285 e. The van der Waals surface area contributed by atoms with Crippen molar-refractivity contribution in [2.75, 3.05) is 12.4 Å². The van der Waals surface area contributed by atoms with Crippen molar-refractivity contribution in [1.82, 2.24) is 4.73 Å². The lowest BCUT2D eigenvalue weighted by Crippen LogP contribution is -2.23. The van der Waals surface area contributed by atoms with E-state index in [1.807, 2.05) is 0 Å². The third kappa shape index (κ3) is 2.74. The Morgan fingerprint density at radius 3 is 2.68 bits per heavy atom. The number of aliphatic hydroxyl groups is 1. The zero-order valence-corrected chi connectivity index (χ0v) is 10.7. The highest BCUT2D eigenvalue weighted by atomic mass is 32.2. The summed E-state index contributed by atoms with van der Waals surface area (Å²) in [5.74, 6) is -1.02. The fourth-order valence-electron chi connectivity index (χ4n) is 1.77. The van der Waals surface area contributed by atoms with Crippen LogP contribution in [-0.4, -0.2) is 30.6 Å². The van der Waals surface area contributed by atoms with Crippen LogP contribution in [-0.2, 0) is 15.6 Å². The quantitative estimate of drug-likeness (QED) is 0.783. The van der Waals surface area contributed by atoms with E-state index in [0.717, 1.165) is 6.20 Å². The number of sulfone groups is 1. The Labute approximate surface area is 108 Å². The zero-order valence-electron chi connectivity index (χ0n) is 9.89. The average molecular weight is 284 g/mol. The molecule has 19 heavy (non-hydrogen) atoms. The van der Waals surface area contributed by atoms with E-state index in [2.05, 4.69) is 0 Å². The number of benzene rings is 1. The van der Waals surface area contributed by atoms with Crippen molar-refractivity contribution in [3.8, 4) is 0 Å². The second-order valence-electron chi connectivity index (χ2n) is 4.04. The molecule has 1 aromatic heterocycles. The standard InChI is InChI=1S/C11H12N2O5S/c14-5-6-19(17,18)8-9-7-12(15)10-3-1-2-4-11(10)13(9)16/h1-4,7,14H,5-6,8H2. The van der Waals surface area contributed by atoms with Crippen LogP contribution in [0.5, 0.6) is 0 Å². The van der Waals surface area contributed by atoms with Gasteiger partial charge < -0.3 is 15.0 Å². The van der Waals surface area contributed by atoms with Gasteiger partial charge in [0.25, 0.3) is 5.52 Å². The van der Waals surface area contributed by atoms with Crippen LogP contribution in [0.4, 0.5) is 0 Å². The molecular formula is C11H12N2O5S. The van der Waals surface area contributed by atoms with Crippen LogP contribution < -0.4 is 4.43 Å². The van der Waals surface area contributed by atoms with Crippen LogP contribution in [0.15, 0.2) is 30.5 Å². The minimum atomic E-state index is -3.62. The van der Waals surface area contributed by atoms with Crippen molar-refractivity contribution in [3.63, 3.8) is 0 Å². The van der Waals surface area contributed by atoms with E-state index >= 15 is 0 Å². The summed E-state index contributed by atoms with van der Waals surface area (Å²) in [5, 5.41) is 20.6. The van der Waals surface area contributed by atoms with E-state index in [1.54, 1.807) is 12.1 Å². The number of fused-ring (bicyclic) bond motifs is 1. The fourth-order valence-corrected chi connectivity index (χ4v) is 2.83. The van der Waals surface area contributed by atoms with Crippen molar-refractivity contribution in [2.24, 2.45) is 0 Å². The van der Waals surface area contributed by atoms with E-state index in [-0.39, 0.29) is 16.7 Å². The van der Waals surface area contributed by atoms with Gasteiger partial charge in [0, 0.05) is 11.0 Å². The van der Waals surface area contributed by atoms with Crippen LogP contribution >= 0.6 is 0 Å². The highest BCUT2D eigenvalue weighted by Gasteiger charge is 2.17. The number of rotatable bonds is 4. The molecule has 1 heterocycles. The SMILES string of the molecule is O=[n+]1cc(CS(=O)(=O)CCO)n([O-])c2ccccc21. The maximum atomic E-state index is 12.0. The third-order valence-electron chi connectivity index (χ3n) is 2.64. The van der Waals surface area contributed by atoms with Gasteiger partial charge in [-0.1, -0.05) is 12.1 Å². The van der Waals surface area contributed by atoms with Crippen LogP contribution in [0.2, 0.25) is 0 Å². The van der Waals surface area contributed by atoms with Crippen molar-refractivity contribution in [3.05, 3.63) is 46.3 Å². The van der Waals surface area contributed by atoms with E-state index < -0.39 is 27.9 Å². The molecule has 102 valence electrons. The maximum absolute atomic E-state index is 12.0. The first-order valence-corrected chi connectivity index (χ1v) is 7.31. The van der Waals surface area contributed by atoms with E-state index in [0.29, 0.717) is 9.16 Å². The first-order chi connectivity index (χ1) is 8.94. The van der Waals surface area contributed by atoms with Gasteiger partial charge in [0.15, 0.2) is 9.84 Å². The summed E-state index contributed by atoms with van der Waals surface area (Å²) in [6.45, 7) is -0.522. The molecule has 0 aliphatic rings. The Hall–Kier alpha value is -1.93. The predicted octanol–water partition coefficient (Wildman–Crippen LogP) is -0.191. The largest absolute Gasteiger partial charge is 0.805 e. The normalized spacial score (nSPS) is 11.8. The number of nitrogens with zero attached hydrogens (tertiary/aromatic N) is 2. The summed E-state index contributed by atoms with van der Waals surface area (Å²) < 4.78 is 24.0. The van der Waals surface area contributed by atoms with Crippen molar-refractivity contribution >= 4 is 20.9 Å². The van der Waals surface area contributed by atoms with Gasteiger partial charge in [-0.05, 0) is 6.07 Å². The monoisotopic (exact) mass is 284 g/mol. The molecule has 0 saturated heterocycles. The first-order valence-electron chi connectivity index (χ1n) is 5.49. The van der Waals surface area contributed by atoms with Gasteiger partial charge in [-0.15, -0.1) is 0 Å². The lowest BCUT2D eigenvalue weighted by atomic mass is 10.3. The molecule has 0 atom stereocenters. The van der Waals surface area contributed by atoms with Gasteiger partial charge in [0.05, 0.1) is 28.2 Å². The van der Waals surface area contributed by atoms with Crippen LogP contribution in [0.1, 0.15) is 5.69 Å². The molecule has 0 unspecified atom stereocenters. The van der Waals surface area contributed by atoms with Gasteiger partial charge in [0.1, 0.15) is 5.52 Å². The van der Waals surface area contributed by atoms with E-state index in [1.165, 1.54) is 12.1 Å². The molecule has 7 nitrogen and oxygen atoms in total. The lowest BCUT2D eigenvalue weighted by Gasteiger charge is -2.16. The van der Waals surface area contributed by atoms with Crippen LogP contribution in [0, 0.1) is 10.1 Å². The van der Waals surface area contributed by atoms with Gasteiger partial charge in [-0.25, -0.2) is 8.42 Å². The number of aromatic nitrogens is 2. The first kappa shape index (κ1) is 13.5. The molecule has 0 fully saturated rings. The Bertz CT molecular complexity index is 766. The Balaban J connectivity index is 2.57. The van der Waals surface area contributed by atoms with Crippen molar-refractivity contribution in [2.45, 2.75) is 5.75 Å². The highest BCUT2D eigenvalue weighted by Crippen LogP contribution is 2.12. The summed E-state index contributed by atoms with van der Waals surface area (Å²) in [7, 11) is -3.62. The third-order valence-corrected chi connectivity index (χ3v) is 4.18. The topological polar surface area (TPSA) is 105 Å². The minimum Gasteiger partial charge on any atom is -0.805 e. The number of hydrogen-bond donors (Lipinski definition) is 1. The molecule has 0 saturated carbocycles. The molecule has 0 aliphatic heterocycles. The maximum Gasteiger partial charge on any atom is 0.285 e. The fraction of sp³-hybridized carbons (Fsp3) is 0.273. The highest BCUT2D eigenvalue weighted by molar-refractivity contribution is 7.90. The summed E-state index contributed by atoms with van der Waals surface area (Å²) in [6, 6.07) is 6.11.